The van der Waals surface area contributed by atoms with Crippen LogP contribution in [0.15, 0.2) is 109 Å². The second-order valence-electron chi connectivity index (χ2n) is 8.01. The van der Waals surface area contributed by atoms with Crippen LogP contribution in [0.5, 0.6) is 0 Å². The third kappa shape index (κ3) is 4.39. The van der Waals surface area contributed by atoms with E-state index in [1.54, 1.807) is 5.01 Å². The number of hydrogen-bond acceptors (Lipinski definition) is 7. The van der Waals surface area contributed by atoms with E-state index >= 15 is 0 Å². The monoisotopic (exact) mass is 476 g/mol. The Bertz CT molecular complexity index is 1450. The van der Waals surface area contributed by atoms with Crippen molar-refractivity contribution >= 4 is 45.2 Å². The van der Waals surface area contributed by atoms with Crippen LogP contribution in [0.25, 0.3) is 10.8 Å². The Morgan fingerprint density at radius 1 is 0.806 bits per heavy atom. The molecule has 0 fully saturated rings. The van der Waals surface area contributed by atoms with Gasteiger partial charge < -0.3 is 4.90 Å². The first-order chi connectivity index (χ1) is 17.7. The van der Waals surface area contributed by atoms with Gasteiger partial charge in [0, 0.05) is 11.9 Å². The fourth-order valence-corrected chi connectivity index (χ4v) is 4.23. The van der Waals surface area contributed by atoms with E-state index in [0.29, 0.717) is 6.54 Å². The zero-order valence-corrected chi connectivity index (χ0v) is 19.7. The molecule has 4 aromatic carbocycles. The van der Waals surface area contributed by atoms with E-state index in [1.165, 1.54) is 6.33 Å². The van der Waals surface area contributed by atoms with Gasteiger partial charge in [0.2, 0.25) is 11.6 Å². The highest BCUT2D eigenvalue weighted by molar-refractivity contribution is 5.97. The fourth-order valence-electron chi connectivity index (χ4n) is 4.23. The van der Waals surface area contributed by atoms with Crippen molar-refractivity contribution in [2.45, 2.75) is 6.92 Å². The molecule has 5 rings (SSSR count). The first-order valence-corrected chi connectivity index (χ1v) is 11.6. The second-order valence-corrected chi connectivity index (χ2v) is 8.01. The van der Waals surface area contributed by atoms with Crippen molar-refractivity contribution < 1.29 is 4.92 Å². The van der Waals surface area contributed by atoms with Crippen LogP contribution in [-0.4, -0.2) is 21.4 Å². The lowest BCUT2D eigenvalue weighted by atomic mass is 10.1. The molecule has 0 aliphatic heterocycles. The smallest absolute Gasteiger partial charge is 0.320 e. The maximum absolute atomic E-state index is 12.5. The average molecular weight is 477 g/mol. The summed E-state index contributed by atoms with van der Waals surface area (Å²) in [6.07, 6.45) is 1.35. The molecule has 0 saturated heterocycles. The zero-order chi connectivity index (χ0) is 24.9. The molecule has 0 unspecified atom stereocenters. The van der Waals surface area contributed by atoms with Gasteiger partial charge in [-0.2, -0.15) is 0 Å². The van der Waals surface area contributed by atoms with Crippen LogP contribution in [0.1, 0.15) is 6.92 Å². The minimum Gasteiger partial charge on any atom is -0.320 e. The molecular formula is C28H24N6O2. The summed E-state index contributed by atoms with van der Waals surface area (Å²) >= 11 is 0. The van der Waals surface area contributed by atoms with E-state index in [1.807, 2.05) is 115 Å². The van der Waals surface area contributed by atoms with E-state index < -0.39 is 4.92 Å². The summed E-state index contributed by atoms with van der Waals surface area (Å²) in [6.45, 7) is 2.42. The average Bonchev–Trinajstić information content (AvgIpc) is 2.93. The predicted octanol–water partition coefficient (Wildman–Crippen LogP) is 6.86. The lowest BCUT2D eigenvalue weighted by Crippen LogP contribution is -2.27. The van der Waals surface area contributed by atoms with Gasteiger partial charge in [0.15, 0.2) is 0 Å². The van der Waals surface area contributed by atoms with E-state index in [4.69, 9.17) is 0 Å². The number of fused-ring (bicyclic) bond motifs is 1. The van der Waals surface area contributed by atoms with Gasteiger partial charge in [0.25, 0.3) is 0 Å². The predicted molar refractivity (Wildman–Crippen MR) is 144 cm³/mol. The molecule has 36 heavy (non-hydrogen) atoms. The molecule has 8 heteroatoms. The molecule has 0 saturated carbocycles. The van der Waals surface area contributed by atoms with Gasteiger partial charge in [0.1, 0.15) is 6.33 Å². The van der Waals surface area contributed by atoms with Crippen LogP contribution >= 0.6 is 0 Å². The standard InChI is InChI=1S/C28H24N6O2/c1-2-32(25-19-11-13-21-12-9-10-18-24(21)25)28-26(34(35)36)27(29-20-30-28)31-33(22-14-5-3-6-15-22)23-16-7-4-8-17-23/h3-20H,2H2,1H3,(H,29,30,31). The van der Waals surface area contributed by atoms with Gasteiger partial charge >= 0.3 is 5.69 Å². The number of nitro groups is 1. The third-order valence-corrected chi connectivity index (χ3v) is 5.86. The van der Waals surface area contributed by atoms with Gasteiger partial charge in [-0.15, -0.1) is 0 Å². The van der Waals surface area contributed by atoms with Crippen LogP contribution in [0, 0.1) is 10.1 Å². The van der Waals surface area contributed by atoms with Crippen LogP contribution in [0.2, 0.25) is 0 Å². The fraction of sp³-hybridized carbons (Fsp3) is 0.0714. The molecule has 1 heterocycles. The van der Waals surface area contributed by atoms with Crippen molar-refractivity contribution in [3.05, 3.63) is 120 Å². The second kappa shape index (κ2) is 10.1. The molecule has 0 aliphatic rings. The Labute approximate surface area is 208 Å². The van der Waals surface area contributed by atoms with Gasteiger partial charge in [-0.05, 0) is 42.6 Å². The van der Waals surface area contributed by atoms with Crippen molar-refractivity contribution in [1.82, 2.24) is 9.97 Å². The summed E-state index contributed by atoms with van der Waals surface area (Å²) in [5.41, 5.74) is 5.43. The van der Waals surface area contributed by atoms with E-state index in [9.17, 15) is 10.1 Å². The Morgan fingerprint density at radius 2 is 1.42 bits per heavy atom. The van der Waals surface area contributed by atoms with Crippen molar-refractivity contribution in [2.75, 3.05) is 21.9 Å². The van der Waals surface area contributed by atoms with Crippen molar-refractivity contribution in [2.24, 2.45) is 0 Å². The number of para-hydroxylation sites is 2. The van der Waals surface area contributed by atoms with Crippen LogP contribution in [0.3, 0.4) is 0 Å². The summed E-state index contributed by atoms with van der Waals surface area (Å²) in [6, 6.07) is 33.0. The third-order valence-electron chi connectivity index (χ3n) is 5.86. The van der Waals surface area contributed by atoms with Crippen molar-refractivity contribution in [1.29, 1.82) is 0 Å². The molecule has 5 aromatic rings. The van der Waals surface area contributed by atoms with Crippen molar-refractivity contribution in [3.63, 3.8) is 0 Å². The van der Waals surface area contributed by atoms with E-state index in [-0.39, 0.29) is 17.3 Å². The molecule has 1 aromatic heterocycles. The SMILES string of the molecule is CCN(c1ncnc(NN(c2ccccc2)c2ccccc2)c1[N+](=O)[O-])c1cccc2ccccc12. The molecule has 0 spiro atoms. The Kier molecular flexibility index (Phi) is 6.40. The normalized spacial score (nSPS) is 10.7. The van der Waals surface area contributed by atoms with Gasteiger partial charge in [-0.25, -0.2) is 9.97 Å². The summed E-state index contributed by atoms with van der Waals surface area (Å²) in [4.78, 5) is 22.5. The topological polar surface area (TPSA) is 87.4 Å². The Hall–Kier alpha value is -4.98. The Balaban J connectivity index is 1.63. The number of nitrogens with zero attached hydrogens (tertiary/aromatic N) is 5. The quantitative estimate of drug-likeness (QED) is 0.193. The minimum atomic E-state index is -0.431. The first kappa shape index (κ1) is 22.8. The molecule has 0 bridgehead atoms. The summed E-state index contributed by atoms with van der Waals surface area (Å²) in [5, 5.41) is 16.3. The molecule has 0 amide bonds. The van der Waals surface area contributed by atoms with Gasteiger partial charge in [-0.3, -0.25) is 20.5 Å². The van der Waals surface area contributed by atoms with Crippen LogP contribution in [-0.2, 0) is 0 Å². The minimum absolute atomic E-state index is 0.0939. The molecule has 0 radical (unpaired) electrons. The number of rotatable bonds is 8. The highest BCUT2D eigenvalue weighted by Gasteiger charge is 2.29. The number of hydrazine groups is 1. The zero-order valence-electron chi connectivity index (χ0n) is 19.7. The first-order valence-electron chi connectivity index (χ1n) is 11.6. The number of hydrogen-bond donors (Lipinski definition) is 1. The largest absolute Gasteiger partial charge is 0.355 e. The number of anilines is 5. The highest BCUT2D eigenvalue weighted by Crippen LogP contribution is 2.39. The maximum Gasteiger partial charge on any atom is 0.355 e. The van der Waals surface area contributed by atoms with E-state index in [2.05, 4.69) is 15.4 Å². The lowest BCUT2D eigenvalue weighted by molar-refractivity contribution is -0.383. The molecule has 0 aliphatic carbocycles. The number of nitrogens with one attached hydrogen (secondary N) is 1. The number of aromatic nitrogens is 2. The molecule has 1 N–H and O–H groups in total. The molecule has 8 nitrogen and oxygen atoms in total. The van der Waals surface area contributed by atoms with Crippen LogP contribution in [0.4, 0.5) is 34.4 Å². The summed E-state index contributed by atoms with van der Waals surface area (Å²) in [5.74, 6) is 0.314. The number of benzene rings is 4. The Morgan fingerprint density at radius 3 is 2.06 bits per heavy atom. The summed E-state index contributed by atoms with van der Waals surface area (Å²) in [7, 11) is 0. The van der Waals surface area contributed by atoms with Gasteiger partial charge in [0.05, 0.1) is 22.0 Å². The molecule has 0 atom stereocenters. The molecule has 178 valence electrons. The maximum atomic E-state index is 12.5. The van der Waals surface area contributed by atoms with E-state index in [0.717, 1.165) is 27.8 Å². The highest BCUT2D eigenvalue weighted by atomic mass is 16.6. The summed E-state index contributed by atoms with van der Waals surface area (Å²) < 4.78 is 0. The van der Waals surface area contributed by atoms with Crippen LogP contribution < -0.4 is 15.3 Å². The van der Waals surface area contributed by atoms with Crippen molar-refractivity contribution in [3.8, 4) is 0 Å². The lowest BCUT2D eigenvalue weighted by Gasteiger charge is -2.27. The molecular weight excluding hydrogens is 452 g/mol. The van der Waals surface area contributed by atoms with Gasteiger partial charge in [-0.1, -0.05) is 72.8 Å².